The Kier molecular flexibility index (Phi) is 26.8. The van der Waals surface area contributed by atoms with E-state index in [4.69, 9.17) is 33.2 Å². The zero-order valence-electron chi connectivity index (χ0n) is 67.5. The van der Waals surface area contributed by atoms with Crippen LogP contribution < -0.4 is 31.9 Å². The summed E-state index contributed by atoms with van der Waals surface area (Å²) >= 11 is 2.27. The highest BCUT2D eigenvalue weighted by molar-refractivity contribution is 7.12. The Hall–Kier alpha value is -12.7. The molecule has 15 atom stereocenters. The number of nitrogens with one attached hydrogen (secondary N) is 7. The van der Waals surface area contributed by atoms with E-state index in [0.717, 1.165) is 83.5 Å². The summed E-state index contributed by atoms with van der Waals surface area (Å²) in [6, 6.07) is 28.3. The third kappa shape index (κ3) is 19.1. The van der Waals surface area contributed by atoms with Crippen molar-refractivity contribution in [2.75, 3.05) is 35.6 Å². The van der Waals surface area contributed by atoms with Gasteiger partial charge in [0.05, 0.1) is 77.3 Å². The van der Waals surface area contributed by atoms with Crippen molar-refractivity contribution < 1.29 is 77.2 Å². The van der Waals surface area contributed by atoms with Crippen LogP contribution in [0.5, 0.6) is 0 Å². The van der Waals surface area contributed by atoms with E-state index in [0.29, 0.717) is 119 Å². The predicted molar refractivity (Wildman–Crippen MR) is 454 cm³/mol. The zero-order valence-corrected chi connectivity index (χ0v) is 69.2. The van der Waals surface area contributed by atoms with Crippen LogP contribution >= 0.6 is 22.7 Å². The molecule has 6 fully saturated rings. The molecule has 13 heterocycles. The van der Waals surface area contributed by atoms with Gasteiger partial charge in [0, 0.05) is 37.6 Å². The van der Waals surface area contributed by atoms with Crippen molar-refractivity contribution >= 4 is 122 Å². The van der Waals surface area contributed by atoms with Crippen LogP contribution in [0.25, 0.3) is 45.6 Å². The molecule has 2 saturated carbocycles. The quantitative estimate of drug-likeness (QED) is 0.0208. The predicted octanol–water partition coefficient (Wildman–Crippen LogP) is 12.5. The fourth-order valence-corrected chi connectivity index (χ4v) is 18.3. The summed E-state index contributed by atoms with van der Waals surface area (Å²) in [4.78, 5) is 123. The van der Waals surface area contributed by atoms with Crippen molar-refractivity contribution in [1.29, 1.82) is 0 Å². The number of benzene rings is 3. The molecule has 10 N–H and O–H groups in total. The SMILES string of the molecule is CCNC(=O)Nc1ncnc2c1ncn2C1CC(CCCc2c[nH]cc2C(=O)O)C2O[C@H](/C=C/c3ccccc3)OC21.CCNC(=O)Nc1ncnc2c1ncn2C1CC(CCCc2ncsc2C(=O)O)C2O[C@H](/C=C/c3ccccc3)OC21.CCNC(=O)Nc1ncnc2c1ncn2C1OC(CCCc2ncsc2C(=O)O)C2O[C@H](c3ccccc3)OC21. The lowest BCUT2D eigenvalue weighted by molar-refractivity contribution is -0.148. The summed E-state index contributed by atoms with van der Waals surface area (Å²) < 4.78 is 51.0. The van der Waals surface area contributed by atoms with E-state index in [1.54, 1.807) is 40.8 Å². The molecule has 0 radical (unpaired) electrons. The van der Waals surface area contributed by atoms with Crippen LogP contribution in [0.3, 0.4) is 0 Å². The molecule has 37 nitrogen and oxygen atoms in total. The summed E-state index contributed by atoms with van der Waals surface area (Å²) in [7, 11) is 0. The second-order valence-corrected chi connectivity index (χ2v) is 31.9. The summed E-state index contributed by atoms with van der Waals surface area (Å²) in [5.74, 6) is -1.55. The molecule has 39 heteroatoms. The van der Waals surface area contributed by atoms with Gasteiger partial charge in [-0.3, -0.25) is 20.5 Å². The molecule has 3 aromatic carbocycles. The van der Waals surface area contributed by atoms with E-state index in [2.05, 4.69) is 91.7 Å². The fraction of sp³-hybridized carbons (Fsp3) is 0.376. The first-order valence-electron chi connectivity index (χ1n) is 41.0. The van der Waals surface area contributed by atoms with Crippen LogP contribution in [-0.2, 0) is 52.4 Å². The van der Waals surface area contributed by atoms with E-state index in [1.165, 1.54) is 25.2 Å². The second kappa shape index (κ2) is 39.2. The first-order chi connectivity index (χ1) is 60.6. The maximum atomic E-state index is 12.2. The number of aryl methyl sites for hydroxylation is 3. The normalized spacial score (nSPS) is 23.5. The molecule has 4 saturated heterocycles. The number of fused-ring (bicyclic) bond motifs is 6. The Morgan fingerprint density at radius 3 is 1.35 bits per heavy atom. The number of carbonyl (C=O) groups excluding carboxylic acids is 3. The van der Waals surface area contributed by atoms with Crippen molar-refractivity contribution in [2.24, 2.45) is 11.8 Å². The summed E-state index contributed by atoms with van der Waals surface area (Å²) in [6.45, 7) is 6.94. The molecule has 4 aliphatic heterocycles. The van der Waals surface area contributed by atoms with Crippen LogP contribution in [-0.4, -0.2) is 200 Å². The number of imidazole rings is 3. The van der Waals surface area contributed by atoms with Crippen LogP contribution in [0.4, 0.5) is 31.8 Å². The molecule has 6 aliphatic rings. The Labute approximate surface area is 716 Å². The van der Waals surface area contributed by atoms with Crippen molar-refractivity contribution in [3.8, 4) is 0 Å². The lowest BCUT2D eigenvalue weighted by Crippen LogP contribution is -2.29. The maximum Gasteiger partial charge on any atom is 0.347 e. The molecule has 124 heavy (non-hydrogen) atoms. The van der Waals surface area contributed by atoms with Gasteiger partial charge in [0.1, 0.15) is 53.2 Å². The molecule has 6 amide bonds. The molecular weight excluding hydrogens is 1640 g/mol. The Balaban J connectivity index is 0.000000138. The van der Waals surface area contributed by atoms with Gasteiger partial charge in [-0.1, -0.05) is 103 Å². The van der Waals surface area contributed by atoms with Gasteiger partial charge in [-0.15, -0.1) is 22.7 Å². The maximum absolute atomic E-state index is 12.2. The standard InChI is InChI=1S/C30H33N7O5.C29H31N7O5S.C26H27N7O6S/c1-2-32-30(40)36-27-24-28(34-16-33-27)37(17-35-24)22-13-19(9-6-10-20-14-31-15-21(20)29(38)39)25-26(22)42-23(41-25)12-11-18-7-4-3-5-8-18;1-2-30-29(39)35-26-22-27(32-14-31-26)36(15-33-22)20-13-18(9-6-10-19-25(28(37)38)42-16-34-19)23-24(20)41-21(40-23)12-11-17-7-4-3-5-8-17;1-2-27-26(36)32-21-17-22(29-11-28-21)33(12-30-17)23-19-18(38-25(39-19)14-7-4-3-5-8-14)16(37-23)10-6-9-15-20(24(34)35)40-13-31-15/h3-5,7-8,11-12,14-17,19,22-23,25-26,31H,2,6,9-10,13H2,1H3,(H,38,39)(H2,32,33,34,36,40);3-5,7-8,11-12,14-16,18,20-21,23-24H,2,6,9-10,13H2,1H3,(H,37,38)(H2,30,31,32,35,39);3-5,7-8,11-13,16,18-19,23,25H,2,6,9-10H2,1H3,(H,34,35)(H2,27,28,29,32,36)/b2*12-11+;/t19?,22?,23-,25?,26?;18?,20?,21-,23?,24?;16?,18?,19?,23?,25-/m000/s1. The lowest BCUT2D eigenvalue weighted by atomic mass is 9.96. The number of nitrogens with zero attached hydrogens (tertiary/aromatic N) is 14. The van der Waals surface area contributed by atoms with Gasteiger partial charge in [-0.25, -0.2) is 83.6 Å². The number of urea groups is 3. The minimum Gasteiger partial charge on any atom is -0.478 e. The molecule has 2 aliphatic carbocycles. The zero-order chi connectivity index (χ0) is 85.7. The molecule has 12 aromatic rings. The van der Waals surface area contributed by atoms with E-state index < -0.39 is 55.1 Å². The summed E-state index contributed by atoms with van der Waals surface area (Å²) in [6.07, 6.45) is 24.0. The van der Waals surface area contributed by atoms with Crippen LogP contribution in [0.2, 0.25) is 0 Å². The number of aromatic nitrogens is 15. The highest BCUT2D eigenvalue weighted by Gasteiger charge is 2.56. The largest absolute Gasteiger partial charge is 0.478 e. The lowest BCUT2D eigenvalue weighted by Gasteiger charge is -2.21. The minimum absolute atomic E-state index is 0.103. The Morgan fingerprint density at radius 1 is 0.460 bits per heavy atom. The topological polar surface area (TPSA) is 472 Å². The van der Waals surface area contributed by atoms with Crippen molar-refractivity contribution in [3.05, 3.63) is 213 Å². The number of carboxylic acids is 3. The Morgan fingerprint density at radius 2 is 0.887 bits per heavy atom. The van der Waals surface area contributed by atoms with E-state index in [-0.39, 0.29) is 83.3 Å². The smallest absolute Gasteiger partial charge is 0.347 e. The van der Waals surface area contributed by atoms with Gasteiger partial charge in [-0.05, 0) is 132 Å². The van der Waals surface area contributed by atoms with Gasteiger partial charge >= 0.3 is 36.0 Å². The number of hydrogen-bond donors (Lipinski definition) is 10. The molecule has 18 rings (SSSR count). The minimum atomic E-state index is -0.969. The Bertz CT molecular complexity index is 5560. The number of aromatic carboxylic acids is 3. The van der Waals surface area contributed by atoms with E-state index in [1.807, 2.05) is 145 Å². The summed E-state index contributed by atoms with van der Waals surface area (Å²) in [5.41, 5.74) is 11.5. The van der Waals surface area contributed by atoms with Gasteiger partial charge in [-0.2, -0.15) is 0 Å². The number of carbonyl (C=O) groups is 6. The second-order valence-electron chi connectivity index (χ2n) is 30.1. The number of amides is 6. The number of rotatable bonds is 29. The number of carboxylic acid groups (broad SMARTS) is 3. The van der Waals surface area contributed by atoms with Gasteiger partial charge < -0.3 is 78.5 Å². The average molecular weight is 1730 g/mol. The molecule has 9 aromatic heterocycles. The van der Waals surface area contributed by atoms with E-state index in [9.17, 15) is 44.1 Å². The monoisotopic (exact) mass is 1730 g/mol. The first kappa shape index (κ1) is 84.9. The van der Waals surface area contributed by atoms with Gasteiger partial charge in [0.25, 0.3) is 0 Å². The third-order valence-corrected chi connectivity index (χ3v) is 24.1. The van der Waals surface area contributed by atoms with Crippen LogP contribution in [0, 0.1) is 11.8 Å². The average Bonchev–Trinajstić information content (AvgIpc) is 1.60. The summed E-state index contributed by atoms with van der Waals surface area (Å²) in [5, 5.41) is 44.6. The number of anilines is 3. The number of ether oxygens (including phenoxy) is 7. The fourth-order valence-electron chi connectivity index (χ4n) is 16.9. The number of hydrogen-bond acceptors (Lipinski definition) is 26. The molecule has 0 bridgehead atoms. The number of H-pyrrole nitrogens is 1. The van der Waals surface area contributed by atoms with Crippen LogP contribution in [0.1, 0.15) is 160 Å². The number of thiazole rings is 2. The van der Waals surface area contributed by atoms with Crippen LogP contribution in [0.15, 0.2) is 165 Å². The van der Waals surface area contributed by atoms with Crippen molar-refractivity contribution in [1.82, 2.24) is 89.5 Å². The molecule has 0 spiro atoms. The first-order valence-corrected chi connectivity index (χ1v) is 42.8. The molecule has 644 valence electrons. The van der Waals surface area contributed by atoms with Crippen molar-refractivity contribution in [3.63, 3.8) is 0 Å². The molecule has 12 unspecified atom stereocenters. The van der Waals surface area contributed by atoms with E-state index >= 15 is 0 Å². The molecular formula is C85H91N21O16S2. The van der Waals surface area contributed by atoms with Gasteiger partial charge in [0.2, 0.25) is 0 Å². The third-order valence-electron chi connectivity index (χ3n) is 22.4. The van der Waals surface area contributed by atoms with Crippen molar-refractivity contribution in [2.45, 2.75) is 171 Å². The number of aromatic amines is 1. The van der Waals surface area contributed by atoms with Gasteiger partial charge in [0.15, 0.2) is 76.0 Å². The highest BCUT2D eigenvalue weighted by Crippen LogP contribution is 2.50. The highest BCUT2D eigenvalue weighted by atomic mass is 32.1.